The molecule has 0 aromatic heterocycles. The van der Waals surface area contributed by atoms with Crippen LogP contribution in [-0.2, 0) is 19.8 Å². The average molecular weight is 248 g/mol. The lowest BCUT2D eigenvalue weighted by Crippen LogP contribution is -2.49. The van der Waals surface area contributed by atoms with E-state index in [9.17, 15) is 0 Å². The number of fused-ring (bicyclic) bond motifs is 1. The molecule has 2 aliphatic rings. The van der Waals surface area contributed by atoms with Crippen LogP contribution < -0.4 is 0 Å². The summed E-state index contributed by atoms with van der Waals surface area (Å²) in [6.45, 7) is 5.67. The molecule has 0 saturated carbocycles. The van der Waals surface area contributed by atoms with E-state index >= 15 is 0 Å². The molecule has 1 aromatic carbocycles. The Labute approximate surface area is 108 Å². The molecular formula is C15H20O3. The third-order valence-electron chi connectivity index (χ3n) is 3.95. The molecule has 3 unspecified atom stereocenters. The van der Waals surface area contributed by atoms with Crippen LogP contribution in [0.2, 0.25) is 0 Å². The van der Waals surface area contributed by atoms with Gasteiger partial charge in [-0.1, -0.05) is 30.3 Å². The first-order valence-electron chi connectivity index (χ1n) is 6.63. The van der Waals surface area contributed by atoms with Crippen molar-refractivity contribution in [2.24, 2.45) is 5.92 Å². The van der Waals surface area contributed by atoms with Crippen molar-refractivity contribution in [3.05, 3.63) is 35.9 Å². The second-order valence-corrected chi connectivity index (χ2v) is 5.55. The smallest absolute Gasteiger partial charge is 0.163 e. The molecule has 0 spiro atoms. The highest BCUT2D eigenvalue weighted by Crippen LogP contribution is 2.38. The maximum Gasteiger partial charge on any atom is 0.163 e. The van der Waals surface area contributed by atoms with Crippen molar-refractivity contribution in [2.45, 2.75) is 38.3 Å². The Morgan fingerprint density at radius 3 is 2.78 bits per heavy atom. The van der Waals surface area contributed by atoms with Gasteiger partial charge in [0.1, 0.15) is 0 Å². The van der Waals surface area contributed by atoms with Gasteiger partial charge in [-0.2, -0.15) is 0 Å². The van der Waals surface area contributed by atoms with Crippen LogP contribution >= 0.6 is 0 Å². The van der Waals surface area contributed by atoms with Crippen LogP contribution in [0.4, 0.5) is 0 Å². The summed E-state index contributed by atoms with van der Waals surface area (Å²) in [5.74, 6) is 0.538. The summed E-state index contributed by atoms with van der Waals surface area (Å²) < 4.78 is 17.1. The van der Waals surface area contributed by atoms with Gasteiger partial charge in [-0.15, -0.1) is 0 Å². The first-order valence-corrected chi connectivity index (χ1v) is 6.63. The maximum atomic E-state index is 6.05. The minimum atomic E-state index is -0.269. The molecule has 3 nitrogen and oxygen atoms in total. The zero-order chi connectivity index (χ0) is 12.6. The second kappa shape index (κ2) is 4.65. The van der Waals surface area contributed by atoms with Crippen LogP contribution in [0.15, 0.2) is 30.3 Å². The Balaban J connectivity index is 1.56. The molecule has 0 aliphatic carbocycles. The van der Waals surface area contributed by atoms with Crippen molar-refractivity contribution in [1.82, 2.24) is 0 Å². The Hall–Kier alpha value is -0.900. The first-order chi connectivity index (χ1) is 8.67. The first kappa shape index (κ1) is 12.2. The SMILES string of the molecule is CC(C)(OCC1OC2OCCC12)c1ccccc1. The van der Waals surface area contributed by atoms with E-state index in [-0.39, 0.29) is 18.0 Å². The second-order valence-electron chi connectivity index (χ2n) is 5.55. The number of benzene rings is 1. The molecule has 0 bridgehead atoms. The van der Waals surface area contributed by atoms with Crippen molar-refractivity contribution >= 4 is 0 Å². The van der Waals surface area contributed by atoms with E-state index in [1.807, 2.05) is 18.2 Å². The molecule has 1 aromatic rings. The van der Waals surface area contributed by atoms with E-state index in [0.29, 0.717) is 12.5 Å². The standard InChI is InChI=1S/C15H20O3/c1-15(2,11-6-4-3-5-7-11)17-10-13-12-8-9-16-14(12)18-13/h3-7,12-14H,8-10H2,1-2H3. The zero-order valence-corrected chi connectivity index (χ0v) is 11.0. The Morgan fingerprint density at radius 2 is 2.06 bits per heavy atom. The number of hydrogen-bond donors (Lipinski definition) is 0. The van der Waals surface area contributed by atoms with Gasteiger partial charge in [-0.3, -0.25) is 0 Å². The Kier molecular flexibility index (Phi) is 3.14. The van der Waals surface area contributed by atoms with Gasteiger partial charge in [0.05, 0.1) is 24.9 Å². The third kappa shape index (κ3) is 2.18. The fraction of sp³-hybridized carbons (Fsp3) is 0.600. The average Bonchev–Trinajstić information content (AvgIpc) is 2.72. The van der Waals surface area contributed by atoms with Crippen molar-refractivity contribution in [1.29, 1.82) is 0 Å². The lowest BCUT2D eigenvalue weighted by molar-refractivity contribution is -0.281. The van der Waals surface area contributed by atoms with Crippen molar-refractivity contribution < 1.29 is 14.2 Å². The predicted molar refractivity (Wildman–Crippen MR) is 68.1 cm³/mol. The molecule has 2 saturated heterocycles. The summed E-state index contributed by atoms with van der Waals surface area (Å²) in [5, 5.41) is 0. The molecule has 3 heteroatoms. The van der Waals surface area contributed by atoms with Crippen molar-refractivity contribution in [3.8, 4) is 0 Å². The summed E-state index contributed by atoms with van der Waals surface area (Å²) in [6.07, 6.45) is 1.35. The number of rotatable bonds is 4. The minimum absolute atomic E-state index is 0.0402. The van der Waals surface area contributed by atoms with Crippen molar-refractivity contribution in [3.63, 3.8) is 0 Å². The Bertz CT molecular complexity index is 401. The van der Waals surface area contributed by atoms with E-state index in [0.717, 1.165) is 13.0 Å². The van der Waals surface area contributed by atoms with Gasteiger partial charge >= 0.3 is 0 Å². The number of ether oxygens (including phenoxy) is 3. The molecular weight excluding hydrogens is 228 g/mol. The van der Waals surface area contributed by atoms with Crippen LogP contribution in [0, 0.1) is 5.92 Å². The summed E-state index contributed by atoms with van der Waals surface area (Å²) in [7, 11) is 0. The van der Waals surface area contributed by atoms with Crippen molar-refractivity contribution in [2.75, 3.05) is 13.2 Å². The van der Waals surface area contributed by atoms with Crippen LogP contribution in [0.3, 0.4) is 0 Å². The van der Waals surface area contributed by atoms with Gasteiger partial charge in [0.2, 0.25) is 0 Å². The van der Waals surface area contributed by atoms with Gasteiger partial charge in [0, 0.05) is 5.92 Å². The molecule has 0 N–H and O–H groups in total. The highest BCUT2D eigenvalue weighted by molar-refractivity contribution is 5.20. The predicted octanol–water partition coefficient (Wildman–Crippen LogP) is 2.70. The summed E-state index contributed by atoms with van der Waals surface area (Å²) in [5.41, 5.74) is 0.929. The molecule has 2 aliphatic heterocycles. The van der Waals surface area contributed by atoms with Crippen LogP contribution in [0.25, 0.3) is 0 Å². The maximum absolute atomic E-state index is 6.05. The summed E-state index contributed by atoms with van der Waals surface area (Å²) in [6, 6.07) is 10.3. The lowest BCUT2D eigenvalue weighted by Gasteiger charge is -2.40. The van der Waals surface area contributed by atoms with Crippen LogP contribution in [0.5, 0.6) is 0 Å². The highest BCUT2D eigenvalue weighted by atomic mass is 16.7. The normalized spacial score (nSPS) is 30.9. The molecule has 2 heterocycles. The fourth-order valence-corrected chi connectivity index (χ4v) is 2.64. The van der Waals surface area contributed by atoms with Crippen LogP contribution in [-0.4, -0.2) is 25.6 Å². The van der Waals surface area contributed by atoms with Gasteiger partial charge in [-0.05, 0) is 25.8 Å². The molecule has 3 atom stereocenters. The van der Waals surface area contributed by atoms with E-state index in [1.165, 1.54) is 5.56 Å². The lowest BCUT2D eigenvalue weighted by atomic mass is 9.94. The fourth-order valence-electron chi connectivity index (χ4n) is 2.64. The molecule has 0 radical (unpaired) electrons. The van der Waals surface area contributed by atoms with Gasteiger partial charge in [0.25, 0.3) is 0 Å². The highest BCUT2D eigenvalue weighted by Gasteiger charge is 2.47. The monoisotopic (exact) mass is 248 g/mol. The quantitative estimate of drug-likeness (QED) is 0.820. The largest absolute Gasteiger partial charge is 0.368 e. The summed E-state index contributed by atoms with van der Waals surface area (Å²) >= 11 is 0. The molecule has 0 amide bonds. The molecule has 98 valence electrons. The third-order valence-corrected chi connectivity index (χ3v) is 3.95. The van der Waals surface area contributed by atoms with E-state index in [2.05, 4.69) is 26.0 Å². The van der Waals surface area contributed by atoms with Gasteiger partial charge < -0.3 is 14.2 Å². The molecule has 3 rings (SSSR count). The van der Waals surface area contributed by atoms with E-state index in [4.69, 9.17) is 14.2 Å². The van der Waals surface area contributed by atoms with Gasteiger partial charge in [0.15, 0.2) is 6.29 Å². The minimum Gasteiger partial charge on any atom is -0.368 e. The topological polar surface area (TPSA) is 27.7 Å². The van der Waals surface area contributed by atoms with E-state index in [1.54, 1.807) is 0 Å². The van der Waals surface area contributed by atoms with Gasteiger partial charge in [-0.25, -0.2) is 0 Å². The number of hydrogen-bond acceptors (Lipinski definition) is 3. The van der Waals surface area contributed by atoms with E-state index < -0.39 is 0 Å². The van der Waals surface area contributed by atoms with Crippen LogP contribution in [0.1, 0.15) is 25.8 Å². The zero-order valence-electron chi connectivity index (χ0n) is 11.0. The Morgan fingerprint density at radius 1 is 1.28 bits per heavy atom. The molecule has 2 fully saturated rings. The molecule has 18 heavy (non-hydrogen) atoms. The summed E-state index contributed by atoms with van der Waals surface area (Å²) in [4.78, 5) is 0.